The fourth-order valence-corrected chi connectivity index (χ4v) is 3.99. The van der Waals surface area contributed by atoms with Crippen LogP contribution in [0.15, 0.2) is 66.7 Å². The molecule has 0 aliphatic carbocycles. The third-order valence-corrected chi connectivity index (χ3v) is 5.52. The molecule has 0 bridgehead atoms. The zero-order valence-corrected chi connectivity index (χ0v) is 18.7. The summed E-state index contributed by atoms with van der Waals surface area (Å²) >= 11 is 0. The fraction of sp³-hybridized carbons (Fsp3) is 0.148. The standard InChI is InChI=1S/C27H20O8/c1-31-15-23(28)33-12-11-32-18-9-7-17(8-10-18)25-20-14-21-19(13-22(20)35-27(25)30)24(26(29)34-21)16-5-3-2-4-6-16/h2-10,13-14H,11-12,15H2,1H3. The topological polar surface area (TPSA) is 97.4 Å². The van der Waals surface area contributed by atoms with Crippen molar-refractivity contribution in [2.24, 2.45) is 0 Å². The molecule has 0 spiro atoms. The van der Waals surface area contributed by atoms with E-state index in [9.17, 15) is 14.4 Å². The molecule has 3 aromatic carbocycles. The first kappa shape index (κ1) is 22.4. The summed E-state index contributed by atoms with van der Waals surface area (Å²) in [6.07, 6.45) is 0. The van der Waals surface area contributed by atoms with Crippen LogP contribution in [0.2, 0.25) is 0 Å². The third-order valence-electron chi connectivity index (χ3n) is 5.52. The van der Waals surface area contributed by atoms with E-state index in [1.807, 2.05) is 30.3 Å². The summed E-state index contributed by atoms with van der Waals surface area (Å²) in [5.74, 6) is -0.104. The number of hydrogen-bond acceptors (Lipinski definition) is 8. The second kappa shape index (κ2) is 9.44. The number of hydrogen-bond donors (Lipinski definition) is 0. The summed E-state index contributed by atoms with van der Waals surface area (Å²) in [6, 6.07) is 19.4. The van der Waals surface area contributed by atoms with Crippen molar-refractivity contribution in [2.75, 3.05) is 26.9 Å². The highest BCUT2D eigenvalue weighted by atomic mass is 16.6. The molecule has 0 fully saturated rings. The molecule has 2 heterocycles. The molecule has 0 amide bonds. The largest absolute Gasteiger partial charge is 0.490 e. The van der Waals surface area contributed by atoms with Gasteiger partial charge in [-0.3, -0.25) is 0 Å². The lowest BCUT2D eigenvalue weighted by molar-refractivity contribution is -0.148. The molecule has 0 saturated carbocycles. The van der Waals surface area contributed by atoms with Gasteiger partial charge in [-0.2, -0.15) is 0 Å². The molecule has 176 valence electrons. The molecule has 0 radical (unpaired) electrons. The molecule has 0 saturated heterocycles. The fourth-order valence-electron chi connectivity index (χ4n) is 3.99. The maximum Gasteiger partial charge on any atom is 0.344 e. The monoisotopic (exact) mass is 472 g/mol. The number of methoxy groups -OCH3 is 1. The van der Waals surface area contributed by atoms with Crippen LogP contribution >= 0.6 is 0 Å². The van der Waals surface area contributed by atoms with Crippen molar-refractivity contribution >= 4 is 29.1 Å². The van der Waals surface area contributed by atoms with Gasteiger partial charge in [0.25, 0.3) is 0 Å². The van der Waals surface area contributed by atoms with Crippen LogP contribution in [-0.2, 0) is 23.9 Å². The SMILES string of the molecule is COCC(=O)OCCOc1ccc(C2=c3cc4c(cc3OC2=O)=C(c2ccccc2)C(=O)O4)cc1. The van der Waals surface area contributed by atoms with Gasteiger partial charge in [-0.1, -0.05) is 42.5 Å². The Balaban J connectivity index is 1.42. The molecule has 35 heavy (non-hydrogen) atoms. The van der Waals surface area contributed by atoms with E-state index in [-0.39, 0.29) is 19.8 Å². The minimum Gasteiger partial charge on any atom is -0.490 e. The number of rotatable bonds is 8. The summed E-state index contributed by atoms with van der Waals surface area (Å²) in [5.41, 5.74) is 2.16. The number of fused-ring (bicyclic) bond motifs is 2. The molecular weight excluding hydrogens is 452 g/mol. The Morgan fingerprint density at radius 3 is 1.91 bits per heavy atom. The first-order valence-electron chi connectivity index (χ1n) is 10.9. The molecule has 0 aromatic heterocycles. The number of carbonyl (C=O) groups excluding carboxylic acids is 3. The molecule has 2 aliphatic rings. The van der Waals surface area contributed by atoms with Gasteiger partial charge in [0.15, 0.2) is 0 Å². The summed E-state index contributed by atoms with van der Waals surface area (Å²) < 4.78 is 26.2. The van der Waals surface area contributed by atoms with E-state index in [0.717, 1.165) is 5.56 Å². The Hall–Kier alpha value is -4.43. The maximum atomic E-state index is 12.7. The smallest absolute Gasteiger partial charge is 0.344 e. The second-order valence-corrected chi connectivity index (χ2v) is 7.77. The van der Waals surface area contributed by atoms with Crippen LogP contribution in [0, 0.1) is 0 Å². The van der Waals surface area contributed by atoms with E-state index in [1.165, 1.54) is 7.11 Å². The van der Waals surface area contributed by atoms with Crippen LogP contribution in [0.3, 0.4) is 0 Å². The zero-order chi connectivity index (χ0) is 24.4. The Bertz CT molecular complexity index is 1440. The van der Waals surface area contributed by atoms with Gasteiger partial charge in [0.1, 0.15) is 37.1 Å². The first-order chi connectivity index (χ1) is 17.0. The molecule has 0 unspecified atom stereocenters. The van der Waals surface area contributed by atoms with E-state index in [0.29, 0.717) is 44.4 Å². The normalized spacial score (nSPS) is 13.7. The maximum absolute atomic E-state index is 12.7. The highest BCUT2D eigenvalue weighted by molar-refractivity contribution is 6.21. The van der Waals surface area contributed by atoms with Gasteiger partial charge in [0.05, 0.1) is 11.1 Å². The molecule has 8 nitrogen and oxygen atoms in total. The van der Waals surface area contributed by atoms with Crippen molar-refractivity contribution < 1.29 is 38.1 Å². The van der Waals surface area contributed by atoms with E-state index in [2.05, 4.69) is 4.74 Å². The van der Waals surface area contributed by atoms with Gasteiger partial charge in [-0.15, -0.1) is 0 Å². The highest BCUT2D eigenvalue weighted by Gasteiger charge is 2.30. The second-order valence-electron chi connectivity index (χ2n) is 7.77. The summed E-state index contributed by atoms with van der Waals surface area (Å²) in [4.78, 5) is 36.6. The predicted molar refractivity (Wildman–Crippen MR) is 123 cm³/mol. The van der Waals surface area contributed by atoms with E-state index < -0.39 is 17.9 Å². The van der Waals surface area contributed by atoms with Crippen LogP contribution in [0.1, 0.15) is 11.1 Å². The van der Waals surface area contributed by atoms with Crippen LogP contribution in [0.4, 0.5) is 0 Å². The average molecular weight is 472 g/mol. The molecule has 3 aromatic rings. The molecular formula is C27H20O8. The molecule has 0 N–H and O–H groups in total. The summed E-state index contributed by atoms with van der Waals surface area (Å²) in [7, 11) is 1.41. The number of benzene rings is 3. The lowest BCUT2D eigenvalue weighted by atomic mass is 10.0. The number of esters is 3. The van der Waals surface area contributed by atoms with Gasteiger partial charge in [0.2, 0.25) is 0 Å². The van der Waals surface area contributed by atoms with Crippen molar-refractivity contribution in [3.05, 3.63) is 88.3 Å². The minimum absolute atomic E-state index is 0.0901. The van der Waals surface area contributed by atoms with Crippen LogP contribution < -0.4 is 24.6 Å². The predicted octanol–water partition coefficient (Wildman–Crippen LogP) is 1.49. The molecule has 2 aliphatic heterocycles. The lowest BCUT2D eigenvalue weighted by Crippen LogP contribution is -2.15. The van der Waals surface area contributed by atoms with Gasteiger partial charge < -0.3 is 23.7 Å². The van der Waals surface area contributed by atoms with Crippen molar-refractivity contribution in [2.45, 2.75) is 0 Å². The average Bonchev–Trinajstić information content (AvgIpc) is 3.35. The van der Waals surface area contributed by atoms with Crippen molar-refractivity contribution in [3.8, 4) is 17.2 Å². The molecule has 0 atom stereocenters. The Morgan fingerprint density at radius 1 is 0.771 bits per heavy atom. The molecule has 8 heteroatoms. The third kappa shape index (κ3) is 4.39. The minimum atomic E-state index is -0.491. The van der Waals surface area contributed by atoms with Crippen LogP contribution in [0.5, 0.6) is 17.2 Å². The molecule has 5 rings (SSSR count). The van der Waals surface area contributed by atoms with Crippen molar-refractivity contribution in [1.82, 2.24) is 0 Å². The van der Waals surface area contributed by atoms with Gasteiger partial charge in [-0.05, 0) is 35.4 Å². The van der Waals surface area contributed by atoms with Crippen LogP contribution in [0.25, 0.3) is 11.1 Å². The van der Waals surface area contributed by atoms with Crippen molar-refractivity contribution in [3.63, 3.8) is 0 Å². The van der Waals surface area contributed by atoms with Gasteiger partial charge in [-0.25, -0.2) is 14.4 Å². The first-order valence-corrected chi connectivity index (χ1v) is 10.9. The lowest BCUT2D eigenvalue weighted by Gasteiger charge is -2.08. The van der Waals surface area contributed by atoms with Crippen LogP contribution in [-0.4, -0.2) is 44.8 Å². The Morgan fingerprint density at radius 2 is 1.34 bits per heavy atom. The summed E-state index contributed by atoms with van der Waals surface area (Å²) in [5, 5.41) is 1.14. The highest BCUT2D eigenvalue weighted by Crippen LogP contribution is 2.27. The van der Waals surface area contributed by atoms with Gasteiger partial charge in [0, 0.05) is 17.5 Å². The quantitative estimate of drug-likeness (QED) is 0.276. The van der Waals surface area contributed by atoms with E-state index in [4.69, 9.17) is 18.9 Å². The van der Waals surface area contributed by atoms with E-state index >= 15 is 0 Å². The summed E-state index contributed by atoms with van der Waals surface area (Å²) in [6.45, 7) is 0.153. The van der Waals surface area contributed by atoms with Gasteiger partial charge >= 0.3 is 17.9 Å². The Kier molecular flexibility index (Phi) is 6.03. The zero-order valence-electron chi connectivity index (χ0n) is 18.7. The van der Waals surface area contributed by atoms with Crippen molar-refractivity contribution in [1.29, 1.82) is 0 Å². The Labute approximate surface area is 199 Å². The van der Waals surface area contributed by atoms with E-state index in [1.54, 1.807) is 36.4 Å². The number of carbonyl (C=O) groups is 3. The number of ether oxygens (including phenoxy) is 5.